The van der Waals surface area contributed by atoms with E-state index in [0.29, 0.717) is 19.2 Å². The number of piperidine rings is 1. The Kier molecular flexibility index (Phi) is 7.16. The molecule has 0 saturated carbocycles. The number of rotatable bonds is 7. The second-order valence-electron chi connectivity index (χ2n) is 4.52. The maximum Gasteiger partial charge on any atom is 0.246 e. The Hall–Kier alpha value is -0.650. The Morgan fingerprint density at radius 1 is 1.47 bits per heavy atom. The van der Waals surface area contributed by atoms with E-state index in [1.165, 1.54) is 0 Å². The first-order valence-corrected chi connectivity index (χ1v) is 6.55. The third-order valence-corrected chi connectivity index (χ3v) is 2.98. The first kappa shape index (κ1) is 14.4. The zero-order valence-corrected chi connectivity index (χ0v) is 10.8. The fourth-order valence-electron chi connectivity index (χ4n) is 2.06. The smallest absolute Gasteiger partial charge is 0.246 e. The molecular formula is C12H25N3O2. The zero-order chi connectivity index (χ0) is 12.5. The molecule has 1 saturated heterocycles. The molecule has 0 atom stereocenters. The predicted octanol–water partition coefficient (Wildman–Crippen LogP) is -0.0477. The van der Waals surface area contributed by atoms with E-state index < -0.39 is 0 Å². The Bertz CT molecular complexity index is 216. The second-order valence-corrected chi connectivity index (χ2v) is 4.52. The summed E-state index contributed by atoms with van der Waals surface area (Å²) in [4.78, 5) is 13.9. The minimum atomic E-state index is 0.00993. The van der Waals surface area contributed by atoms with Crippen molar-refractivity contribution in [2.75, 3.05) is 39.4 Å². The van der Waals surface area contributed by atoms with Gasteiger partial charge >= 0.3 is 0 Å². The summed E-state index contributed by atoms with van der Waals surface area (Å²) in [7, 11) is 0. The molecular weight excluding hydrogens is 218 g/mol. The summed E-state index contributed by atoms with van der Waals surface area (Å²) in [6.45, 7) is 6.60. The lowest BCUT2D eigenvalue weighted by Crippen LogP contribution is -2.46. The maximum absolute atomic E-state index is 11.5. The molecule has 1 aliphatic rings. The standard InChI is InChI=1S/C12H25N3O2/c1-2-9-17-10-12(16)14-11-3-6-15(7-4-11)8-5-13/h11H,2-10,13H2,1H3,(H,14,16). The molecule has 0 aliphatic carbocycles. The molecule has 1 rings (SSSR count). The minimum Gasteiger partial charge on any atom is -0.372 e. The van der Waals surface area contributed by atoms with Crippen LogP contribution in [0.3, 0.4) is 0 Å². The summed E-state index contributed by atoms with van der Waals surface area (Å²) >= 11 is 0. The van der Waals surface area contributed by atoms with Crippen molar-refractivity contribution in [1.29, 1.82) is 0 Å². The van der Waals surface area contributed by atoms with Crippen LogP contribution in [0.15, 0.2) is 0 Å². The van der Waals surface area contributed by atoms with Gasteiger partial charge in [-0.05, 0) is 19.3 Å². The first-order chi connectivity index (χ1) is 8.26. The molecule has 3 N–H and O–H groups in total. The van der Waals surface area contributed by atoms with Gasteiger partial charge in [-0.3, -0.25) is 4.79 Å². The van der Waals surface area contributed by atoms with Crippen LogP contribution in [0.5, 0.6) is 0 Å². The highest BCUT2D eigenvalue weighted by Gasteiger charge is 2.19. The number of nitrogens with two attached hydrogens (primary N) is 1. The second kappa shape index (κ2) is 8.44. The van der Waals surface area contributed by atoms with Gasteiger partial charge in [0.25, 0.3) is 0 Å². The molecule has 1 aliphatic heterocycles. The van der Waals surface area contributed by atoms with E-state index >= 15 is 0 Å². The molecule has 5 nitrogen and oxygen atoms in total. The molecule has 0 spiro atoms. The lowest BCUT2D eigenvalue weighted by Gasteiger charge is -2.31. The van der Waals surface area contributed by atoms with Crippen LogP contribution in [0.1, 0.15) is 26.2 Å². The normalized spacial score (nSPS) is 18.2. The van der Waals surface area contributed by atoms with Crippen LogP contribution in [0.25, 0.3) is 0 Å². The average molecular weight is 243 g/mol. The van der Waals surface area contributed by atoms with Gasteiger partial charge in [0, 0.05) is 38.8 Å². The fraction of sp³-hybridized carbons (Fsp3) is 0.917. The zero-order valence-electron chi connectivity index (χ0n) is 10.8. The number of likely N-dealkylation sites (tertiary alicyclic amines) is 1. The Morgan fingerprint density at radius 2 is 2.18 bits per heavy atom. The highest BCUT2D eigenvalue weighted by molar-refractivity contribution is 5.77. The number of carbonyl (C=O) groups is 1. The van der Waals surface area contributed by atoms with Crippen molar-refractivity contribution in [1.82, 2.24) is 10.2 Å². The number of nitrogens with one attached hydrogen (secondary N) is 1. The van der Waals surface area contributed by atoms with Gasteiger partial charge in [0.15, 0.2) is 0 Å². The van der Waals surface area contributed by atoms with Gasteiger partial charge in [-0.2, -0.15) is 0 Å². The largest absolute Gasteiger partial charge is 0.372 e. The monoisotopic (exact) mass is 243 g/mol. The van der Waals surface area contributed by atoms with Crippen molar-refractivity contribution >= 4 is 5.91 Å². The Balaban J connectivity index is 2.10. The molecule has 0 bridgehead atoms. The van der Waals surface area contributed by atoms with E-state index in [0.717, 1.165) is 38.9 Å². The molecule has 1 amide bonds. The van der Waals surface area contributed by atoms with Crippen molar-refractivity contribution < 1.29 is 9.53 Å². The van der Waals surface area contributed by atoms with Crippen LogP contribution in [0.4, 0.5) is 0 Å². The van der Waals surface area contributed by atoms with Gasteiger partial charge in [-0.1, -0.05) is 6.92 Å². The van der Waals surface area contributed by atoms with Crippen LogP contribution >= 0.6 is 0 Å². The molecule has 17 heavy (non-hydrogen) atoms. The number of amides is 1. The van der Waals surface area contributed by atoms with Crippen LogP contribution in [0, 0.1) is 0 Å². The predicted molar refractivity (Wildman–Crippen MR) is 67.8 cm³/mol. The molecule has 100 valence electrons. The summed E-state index contributed by atoms with van der Waals surface area (Å²) < 4.78 is 5.21. The Morgan fingerprint density at radius 3 is 2.76 bits per heavy atom. The van der Waals surface area contributed by atoms with E-state index in [1.54, 1.807) is 0 Å². The summed E-state index contributed by atoms with van der Waals surface area (Å²) in [5.74, 6) is 0.00993. The molecule has 5 heteroatoms. The quantitative estimate of drug-likeness (QED) is 0.615. The van der Waals surface area contributed by atoms with Gasteiger partial charge in [0.1, 0.15) is 6.61 Å². The summed E-state index contributed by atoms with van der Waals surface area (Å²) in [6, 6.07) is 0.307. The third kappa shape index (κ3) is 6.00. The van der Waals surface area contributed by atoms with Crippen LogP contribution in [-0.4, -0.2) is 56.2 Å². The molecule has 0 radical (unpaired) electrons. The van der Waals surface area contributed by atoms with Crippen LogP contribution in [0.2, 0.25) is 0 Å². The lowest BCUT2D eigenvalue weighted by atomic mass is 10.1. The fourth-order valence-corrected chi connectivity index (χ4v) is 2.06. The van der Waals surface area contributed by atoms with Crippen molar-refractivity contribution in [2.45, 2.75) is 32.2 Å². The van der Waals surface area contributed by atoms with Gasteiger partial charge in [-0.15, -0.1) is 0 Å². The highest BCUT2D eigenvalue weighted by Crippen LogP contribution is 2.09. The topological polar surface area (TPSA) is 67.6 Å². The van der Waals surface area contributed by atoms with Gasteiger partial charge in [-0.25, -0.2) is 0 Å². The number of carbonyl (C=O) groups excluding carboxylic acids is 1. The van der Waals surface area contributed by atoms with Gasteiger partial charge in [0.05, 0.1) is 0 Å². The van der Waals surface area contributed by atoms with E-state index in [4.69, 9.17) is 10.5 Å². The van der Waals surface area contributed by atoms with Crippen molar-refractivity contribution in [2.24, 2.45) is 5.73 Å². The summed E-state index contributed by atoms with van der Waals surface area (Å²) in [6.07, 6.45) is 2.98. The molecule has 1 heterocycles. The van der Waals surface area contributed by atoms with E-state index in [2.05, 4.69) is 10.2 Å². The van der Waals surface area contributed by atoms with Crippen molar-refractivity contribution in [3.63, 3.8) is 0 Å². The summed E-state index contributed by atoms with van der Waals surface area (Å²) in [5, 5.41) is 3.02. The SMILES string of the molecule is CCCOCC(=O)NC1CCN(CCN)CC1. The number of ether oxygens (including phenoxy) is 1. The molecule has 0 aromatic carbocycles. The molecule has 1 fully saturated rings. The number of hydrogen-bond acceptors (Lipinski definition) is 4. The first-order valence-electron chi connectivity index (χ1n) is 6.55. The van der Waals surface area contributed by atoms with E-state index in [9.17, 15) is 4.79 Å². The van der Waals surface area contributed by atoms with Crippen molar-refractivity contribution in [3.8, 4) is 0 Å². The summed E-state index contributed by atoms with van der Waals surface area (Å²) in [5.41, 5.74) is 5.51. The minimum absolute atomic E-state index is 0.00993. The average Bonchev–Trinajstić information content (AvgIpc) is 2.32. The van der Waals surface area contributed by atoms with Crippen LogP contribution < -0.4 is 11.1 Å². The number of nitrogens with zero attached hydrogens (tertiary/aromatic N) is 1. The van der Waals surface area contributed by atoms with Gasteiger partial charge in [0.2, 0.25) is 5.91 Å². The Labute approximate surface area is 104 Å². The maximum atomic E-state index is 11.5. The third-order valence-electron chi connectivity index (χ3n) is 2.98. The van der Waals surface area contributed by atoms with E-state index in [1.807, 2.05) is 6.92 Å². The van der Waals surface area contributed by atoms with Crippen molar-refractivity contribution in [3.05, 3.63) is 0 Å². The van der Waals surface area contributed by atoms with Gasteiger partial charge < -0.3 is 20.7 Å². The molecule has 0 aromatic heterocycles. The molecule has 0 aromatic rings. The van der Waals surface area contributed by atoms with Crippen LogP contribution in [-0.2, 0) is 9.53 Å². The molecule has 0 unspecified atom stereocenters. The lowest BCUT2D eigenvalue weighted by molar-refractivity contribution is -0.126. The highest BCUT2D eigenvalue weighted by atomic mass is 16.5. The number of hydrogen-bond donors (Lipinski definition) is 2. The van der Waals surface area contributed by atoms with E-state index in [-0.39, 0.29) is 12.5 Å².